The van der Waals surface area contributed by atoms with E-state index in [0.717, 1.165) is 25.7 Å². The Hall–Kier alpha value is -1.47. The maximum absolute atomic E-state index is 8.97. The van der Waals surface area contributed by atoms with Crippen LogP contribution in [-0.4, -0.2) is 23.6 Å². The van der Waals surface area contributed by atoms with Crippen molar-refractivity contribution >= 4 is 5.69 Å². The van der Waals surface area contributed by atoms with E-state index in [1.54, 1.807) is 0 Å². The van der Waals surface area contributed by atoms with Gasteiger partial charge in [0.1, 0.15) is 5.54 Å². The van der Waals surface area contributed by atoms with Gasteiger partial charge < -0.3 is 15.6 Å². The summed E-state index contributed by atoms with van der Waals surface area (Å²) in [6, 6.07) is 4.79. The van der Waals surface area contributed by atoms with Crippen LogP contribution >= 0.6 is 0 Å². The summed E-state index contributed by atoms with van der Waals surface area (Å²) < 4.78 is 0. The molecule has 1 fully saturated rings. The Labute approximate surface area is 96.0 Å². The molecule has 0 atom stereocenters. The Morgan fingerprint density at radius 3 is 2.75 bits per heavy atom. The molecule has 4 nitrogen and oxygen atoms in total. The molecule has 0 bridgehead atoms. The maximum Gasteiger partial charge on any atom is 0.104 e. The molecule has 1 aromatic rings. The van der Waals surface area contributed by atoms with Gasteiger partial charge in [-0.15, -0.1) is 0 Å². The Morgan fingerprint density at radius 1 is 1.56 bits per heavy atom. The first-order valence-electron chi connectivity index (χ1n) is 5.70. The topological polar surface area (TPSA) is 68.8 Å². The molecule has 4 heteroatoms. The molecular weight excluding hydrogens is 200 g/mol. The number of hydrogen-bond acceptors (Lipinski definition) is 3. The van der Waals surface area contributed by atoms with Crippen molar-refractivity contribution in [3.8, 4) is 6.07 Å². The fraction of sp³-hybridized carbons (Fsp3) is 0.583. The third-order valence-corrected chi connectivity index (χ3v) is 3.61. The van der Waals surface area contributed by atoms with Crippen molar-refractivity contribution in [2.45, 2.75) is 37.3 Å². The Morgan fingerprint density at radius 2 is 2.25 bits per heavy atom. The summed E-state index contributed by atoms with van der Waals surface area (Å²) in [7, 11) is 2.10. The normalized spacial score (nSPS) is 29.7. The van der Waals surface area contributed by atoms with Gasteiger partial charge in [-0.1, -0.05) is 0 Å². The summed E-state index contributed by atoms with van der Waals surface area (Å²) in [5, 5.41) is 8.97. The number of H-pyrrole nitrogens is 1. The van der Waals surface area contributed by atoms with E-state index in [9.17, 15) is 0 Å². The average molecular weight is 218 g/mol. The minimum Gasteiger partial charge on any atom is -0.370 e. The van der Waals surface area contributed by atoms with E-state index in [2.05, 4.69) is 29.1 Å². The highest BCUT2D eigenvalue weighted by atomic mass is 15.1. The number of rotatable bonds is 2. The molecule has 1 aliphatic carbocycles. The molecule has 0 saturated heterocycles. The lowest BCUT2D eigenvalue weighted by Crippen LogP contribution is -2.46. The van der Waals surface area contributed by atoms with E-state index in [4.69, 9.17) is 11.0 Å². The Kier molecular flexibility index (Phi) is 2.88. The van der Waals surface area contributed by atoms with Gasteiger partial charge >= 0.3 is 0 Å². The zero-order chi connectivity index (χ0) is 11.6. The number of aromatic amines is 1. The summed E-state index contributed by atoms with van der Waals surface area (Å²) in [6.07, 6.45) is 7.50. The van der Waals surface area contributed by atoms with Crippen LogP contribution in [0.25, 0.3) is 0 Å². The van der Waals surface area contributed by atoms with Crippen LogP contribution in [0.5, 0.6) is 0 Å². The molecule has 0 aromatic carbocycles. The van der Waals surface area contributed by atoms with Gasteiger partial charge in [0.2, 0.25) is 0 Å². The second-order valence-electron chi connectivity index (χ2n) is 4.68. The molecule has 1 saturated carbocycles. The molecule has 0 amide bonds. The number of nitriles is 1. The van der Waals surface area contributed by atoms with Crippen molar-refractivity contribution in [2.75, 3.05) is 11.9 Å². The predicted octanol–water partition coefficient (Wildman–Crippen LogP) is 1.61. The molecule has 0 unspecified atom stereocenters. The van der Waals surface area contributed by atoms with Crippen LogP contribution in [0, 0.1) is 11.3 Å². The molecule has 1 heterocycles. The SMILES string of the molecule is CN(c1cc[nH]c1)C1CCC(N)(C#N)CC1. The van der Waals surface area contributed by atoms with Crippen molar-refractivity contribution in [1.29, 1.82) is 5.26 Å². The Balaban J connectivity index is 1.97. The molecule has 1 aliphatic rings. The van der Waals surface area contributed by atoms with Gasteiger partial charge in [-0.25, -0.2) is 0 Å². The van der Waals surface area contributed by atoms with E-state index < -0.39 is 5.54 Å². The van der Waals surface area contributed by atoms with E-state index in [-0.39, 0.29) is 0 Å². The van der Waals surface area contributed by atoms with Crippen molar-refractivity contribution in [3.05, 3.63) is 18.5 Å². The van der Waals surface area contributed by atoms with Crippen LogP contribution in [0.1, 0.15) is 25.7 Å². The first-order chi connectivity index (χ1) is 7.64. The van der Waals surface area contributed by atoms with Crippen LogP contribution in [0.2, 0.25) is 0 Å². The quantitative estimate of drug-likeness (QED) is 0.792. The van der Waals surface area contributed by atoms with Crippen molar-refractivity contribution in [1.82, 2.24) is 4.98 Å². The fourth-order valence-electron chi connectivity index (χ4n) is 2.36. The maximum atomic E-state index is 8.97. The van der Waals surface area contributed by atoms with Gasteiger partial charge in [0.05, 0.1) is 11.8 Å². The lowest BCUT2D eigenvalue weighted by molar-refractivity contribution is 0.328. The molecule has 2 rings (SSSR count). The van der Waals surface area contributed by atoms with Crippen molar-refractivity contribution in [3.63, 3.8) is 0 Å². The number of nitrogens with two attached hydrogens (primary N) is 1. The molecular formula is C12H18N4. The number of anilines is 1. The largest absolute Gasteiger partial charge is 0.370 e. The monoisotopic (exact) mass is 218 g/mol. The second kappa shape index (κ2) is 4.18. The number of hydrogen-bond donors (Lipinski definition) is 2. The predicted molar refractivity (Wildman–Crippen MR) is 64.0 cm³/mol. The first kappa shape index (κ1) is 11.0. The first-order valence-corrected chi connectivity index (χ1v) is 5.70. The lowest BCUT2D eigenvalue weighted by Gasteiger charge is -2.37. The van der Waals surface area contributed by atoms with Crippen LogP contribution in [0.3, 0.4) is 0 Å². The highest BCUT2D eigenvalue weighted by Crippen LogP contribution is 2.30. The number of nitrogens with one attached hydrogen (secondary N) is 1. The standard InChI is InChI=1S/C12H18N4/c1-16(11-4-7-15-8-11)10-2-5-12(14,9-13)6-3-10/h4,7-8,10,15H,2-3,5-6,14H2,1H3. The second-order valence-corrected chi connectivity index (χ2v) is 4.68. The van der Waals surface area contributed by atoms with E-state index in [0.29, 0.717) is 6.04 Å². The summed E-state index contributed by atoms with van der Waals surface area (Å²) in [5.74, 6) is 0. The number of aromatic nitrogens is 1. The molecule has 0 radical (unpaired) electrons. The van der Waals surface area contributed by atoms with Crippen LogP contribution in [0.15, 0.2) is 18.5 Å². The summed E-state index contributed by atoms with van der Waals surface area (Å²) in [5.41, 5.74) is 6.57. The highest BCUT2D eigenvalue weighted by Gasteiger charge is 2.33. The lowest BCUT2D eigenvalue weighted by atomic mass is 9.81. The van der Waals surface area contributed by atoms with E-state index in [1.807, 2.05) is 12.4 Å². The zero-order valence-corrected chi connectivity index (χ0v) is 9.61. The third-order valence-electron chi connectivity index (χ3n) is 3.61. The van der Waals surface area contributed by atoms with Crippen LogP contribution in [-0.2, 0) is 0 Å². The average Bonchev–Trinajstić information content (AvgIpc) is 2.83. The minimum atomic E-state index is -0.588. The third kappa shape index (κ3) is 2.05. The van der Waals surface area contributed by atoms with Crippen LogP contribution in [0.4, 0.5) is 5.69 Å². The fourth-order valence-corrected chi connectivity index (χ4v) is 2.36. The molecule has 0 spiro atoms. The Bertz CT molecular complexity index is 368. The highest BCUT2D eigenvalue weighted by molar-refractivity contribution is 5.44. The van der Waals surface area contributed by atoms with Gasteiger partial charge in [0.25, 0.3) is 0 Å². The molecule has 1 aromatic heterocycles. The number of nitrogens with zero attached hydrogens (tertiary/aromatic N) is 2. The van der Waals surface area contributed by atoms with Crippen molar-refractivity contribution < 1.29 is 0 Å². The van der Waals surface area contributed by atoms with Gasteiger partial charge in [-0.05, 0) is 31.7 Å². The van der Waals surface area contributed by atoms with Gasteiger partial charge in [-0.2, -0.15) is 5.26 Å². The van der Waals surface area contributed by atoms with E-state index >= 15 is 0 Å². The summed E-state index contributed by atoms with van der Waals surface area (Å²) in [6.45, 7) is 0. The molecule has 16 heavy (non-hydrogen) atoms. The van der Waals surface area contributed by atoms with Gasteiger partial charge in [-0.3, -0.25) is 0 Å². The zero-order valence-electron chi connectivity index (χ0n) is 9.61. The van der Waals surface area contributed by atoms with E-state index in [1.165, 1.54) is 5.69 Å². The molecule has 3 N–H and O–H groups in total. The molecule has 86 valence electrons. The summed E-state index contributed by atoms with van der Waals surface area (Å²) in [4.78, 5) is 5.33. The minimum absolute atomic E-state index is 0.501. The van der Waals surface area contributed by atoms with Crippen LogP contribution < -0.4 is 10.6 Å². The van der Waals surface area contributed by atoms with Crippen molar-refractivity contribution in [2.24, 2.45) is 5.73 Å². The summed E-state index contributed by atoms with van der Waals surface area (Å²) >= 11 is 0. The van der Waals surface area contributed by atoms with Gasteiger partial charge in [0, 0.05) is 25.5 Å². The smallest absolute Gasteiger partial charge is 0.104 e. The molecule has 0 aliphatic heterocycles. The van der Waals surface area contributed by atoms with Gasteiger partial charge in [0.15, 0.2) is 0 Å².